The van der Waals surface area contributed by atoms with Crippen LogP contribution in [0, 0.1) is 0 Å². The first-order valence-electron chi connectivity index (χ1n) is 33.9. The van der Waals surface area contributed by atoms with Gasteiger partial charge < -0.3 is 56.8 Å². The van der Waals surface area contributed by atoms with Crippen LogP contribution < -0.4 is 28.4 Å². The molecule has 0 saturated heterocycles. The number of ether oxygens (including phenoxy) is 12. The van der Waals surface area contributed by atoms with E-state index in [9.17, 15) is 28.8 Å². The monoisotopic (exact) mass is 1330 g/mol. The van der Waals surface area contributed by atoms with Crippen molar-refractivity contribution in [2.24, 2.45) is 0 Å². The second-order valence-corrected chi connectivity index (χ2v) is 22.9. The van der Waals surface area contributed by atoms with Crippen LogP contribution in [-0.2, 0) is 57.2 Å². The number of unbranched alkanes of at least 4 members (excludes halogenated alkanes) is 6. The van der Waals surface area contributed by atoms with Crippen molar-refractivity contribution >= 4 is 35.8 Å². The minimum Gasteiger partial charge on any atom is -0.425 e. The molecule has 0 bridgehead atoms. The molecule has 0 radical (unpaired) electrons. The minimum atomic E-state index is -0.602. The van der Waals surface area contributed by atoms with Gasteiger partial charge in [-0.3, -0.25) is 0 Å². The van der Waals surface area contributed by atoms with Crippen molar-refractivity contribution in [3.63, 3.8) is 0 Å². The standard InChI is InChI=1S/C28H38O6.C26H34O6.C24H30O6/c1-5-7-9-19-31-21(3)27(29)33-25-15-11-23(12-16-25)24-13-17-26(18-14-24)34-28(30)22(4)32-20-10-8-6-2;1-5-7-17-29-19(3)25(27)31-23-13-9-21(10-14-23)22-11-15-24(16-12-22)32-26(28)20(4)30-18-8-6-2;1-5-15-27-17(3)23(25)29-21-11-7-19(8-12-21)20-9-13-22(14-10-20)30-24(26)18(4)28-16-6-2/h11-18,21-22H,5-10,19-20H2,1-4H3;9-16,19-20H,5-8,17-18H2,1-4H3;7-14,17-18H,5-6,15-16H2,1-4H3. The van der Waals surface area contributed by atoms with Crippen LogP contribution in [-0.4, -0.2) is 112 Å². The zero-order valence-electron chi connectivity index (χ0n) is 58.4. The van der Waals surface area contributed by atoms with Crippen LogP contribution in [0.1, 0.15) is 160 Å². The van der Waals surface area contributed by atoms with Gasteiger partial charge in [-0.25, -0.2) is 28.8 Å². The Bertz CT molecular complexity index is 2950. The van der Waals surface area contributed by atoms with Crippen LogP contribution in [0.4, 0.5) is 0 Å². The van der Waals surface area contributed by atoms with Crippen LogP contribution in [0.5, 0.6) is 34.5 Å². The molecule has 0 aliphatic rings. The van der Waals surface area contributed by atoms with Gasteiger partial charge in [-0.2, -0.15) is 0 Å². The van der Waals surface area contributed by atoms with Gasteiger partial charge in [-0.05, 0) is 186 Å². The zero-order valence-corrected chi connectivity index (χ0v) is 58.4. The number of benzene rings is 6. The summed E-state index contributed by atoms with van der Waals surface area (Å²) < 4.78 is 65.0. The number of rotatable bonds is 39. The molecule has 0 fully saturated rings. The maximum atomic E-state index is 12.2. The first kappa shape index (κ1) is 80.3. The second kappa shape index (κ2) is 46.1. The third-order valence-electron chi connectivity index (χ3n) is 14.5. The van der Waals surface area contributed by atoms with E-state index in [1.807, 2.05) is 86.6 Å². The second-order valence-electron chi connectivity index (χ2n) is 22.9. The number of hydrogen-bond acceptors (Lipinski definition) is 18. The van der Waals surface area contributed by atoms with E-state index >= 15 is 0 Å². The molecule has 0 spiro atoms. The average molecular weight is 1330 g/mol. The molecule has 0 saturated carbocycles. The molecule has 0 aliphatic carbocycles. The lowest BCUT2D eigenvalue weighted by molar-refractivity contribution is -0.147. The van der Waals surface area contributed by atoms with Crippen LogP contribution in [0.2, 0.25) is 0 Å². The highest BCUT2D eigenvalue weighted by Gasteiger charge is 2.21. The minimum absolute atomic E-state index is 0.404. The number of hydrogen-bond donors (Lipinski definition) is 0. The zero-order chi connectivity index (χ0) is 70.0. The highest BCUT2D eigenvalue weighted by atomic mass is 16.6. The highest BCUT2D eigenvalue weighted by Crippen LogP contribution is 2.29. The highest BCUT2D eigenvalue weighted by molar-refractivity contribution is 5.80. The molecule has 6 aromatic rings. The molecule has 0 aromatic heterocycles. The average Bonchev–Trinajstić information content (AvgIpc) is 1.32. The molecule has 6 atom stereocenters. The Labute approximate surface area is 568 Å². The van der Waals surface area contributed by atoms with Crippen LogP contribution in [0.15, 0.2) is 146 Å². The summed E-state index contributed by atoms with van der Waals surface area (Å²) >= 11 is 0. The van der Waals surface area contributed by atoms with E-state index in [0.29, 0.717) is 74.1 Å². The third-order valence-corrected chi connectivity index (χ3v) is 14.5. The lowest BCUT2D eigenvalue weighted by Crippen LogP contribution is -2.26. The molecule has 18 heteroatoms. The van der Waals surface area contributed by atoms with Crippen LogP contribution in [0.25, 0.3) is 33.4 Å². The van der Waals surface area contributed by atoms with Gasteiger partial charge in [0.1, 0.15) is 34.5 Å². The van der Waals surface area contributed by atoms with Gasteiger partial charge in [-0.15, -0.1) is 0 Å². The molecule has 0 heterocycles. The van der Waals surface area contributed by atoms with Crippen molar-refractivity contribution in [2.75, 3.05) is 39.6 Å². The predicted molar refractivity (Wildman–Crippen MR) is 371 cm³/mol. The van der Waals surface area contributed by atoms with Gasteiger partial charge >= 0.3 is 35.8 Å². The first-order valence-corrected chi connectivity index (χ1v) is 33.9. The van der Waals surface area contributed by atoms with E-state index in [1.165, 1.54) is 0 Å². The summed E-state index contributed by atoms with van der Waals surface area (Å²) in [4.78, 5) is 72.6. The van der Waals surface area contributed by atoms with Gasteiger partial charge in [0.25, 0.3) is 0 Å². The molecule has 6 rings (SSSR count). The smallest absolute Gasteiger partial charge is 0.340 e. The molecule has 6 unspecified atom stereocenters. The fourth-order valence-electron chi connectivity index (χ4n) is 8.52. The third kappa shape index (κ3) is 30.7. The topological polar surface area (TPSA) is 213 Å². The van der Waals surface area contributed by atoms with Crippen molar-refractivity contribution in [3.05, 3.63) is 146 Å². The summed E-state index contributed by atoms with van der Waals surface area (Å²) in [5.41, 5.74) is 5.70. The Kier molecular flexibility index (Phi) is 38.6. The van der Waals surface area contributed by atoms with Crippen molar-refractivity contribution in [2.45, 2.75) is 197 Å². The van der Waals surface area contributed by atoms with E-state index in [1.54, 1.807) is 114 Å². The Morgan fingerprint density at radius 2 is 0.375 bits per heavy atom. The number of carbonyl (C=O) groups is 6. The van der Waals surface area contributed by atoms with Crippen molar-refractivity contribution < 1.29 is 85.6 Å². The van der Waals surface area contributed by atoms with Crippen LogP contribution in [0.3, 0.4) is 0 Å². The van der Waals surface area contributed by atoms with E-state index < -0.39 is 72.4 Å². The summed E-state index contributed by atoms with van der Waals surface area (Å²) in [6.45, 7) is 25.7. The largest absolute Gasteiger partial charge is 0.425 e. The van der Waals surface area contributed by atoms with Gasteiger partial charge in [0.2, 0.25) is 0 Å². The van der Waals surface area contributed by atoms with E-state index in [4.69, 9.17) is 56.8 Å². The van der Waals surface area contributed by atoms with Crippen molar-refractivity contribution in [1.82, 2.24) is 0 Å². The maximum Gasteiger partial charge on any atom is 0.340 e. The van der Waals surface area contributed by atoms with Gasteiger partial charge in [-0.1, -0.05) is 153 Å². The fraction of sp³-hybridized carbons (Fsp3) is 0.462. The first-order chi connectivity index (χ1) is 46.3. The Hall–Kier alpha value is -8.10. The van der Waals surface area contributed by atoms with Gasteiger partial charge in [0.15, 0.2) is 36.6 Å². The lowest BCUT2D eigenvalue weighted by atomic mass is 10.1. The van der Waals surface area contributed by atoms with Crippen LogP contribution >= 0.6 is 0 Å². The molecule has 522 valence electrons. The van der Waals surface area contributed by atoms with Crippen molar-refractivity contribution in [3.8, 4) is 67.9 Å². The van der Waals surface area contributed by atoms with E-state index in [-0.39, 0.29) is 0 Å². The van der Waals surface area contributed by atoms with Gasteiger partial charge in [0, 0.05) is 39.6 Å². The fourth-order valence-corrected chi connectivity index (χ4v) is 8.52. The Morgan fingerprint density at radius 3 is 0.531 bits per heavy atom. The molecule has 0 N–H and O–H groups in total. The molecular formula is C78H102O18. The summed E-state index contributed by atoms with van der Waals surface area (Å²) in [5.74, 6) is 0.328. The molecule has 96 heavy (non-hydrogen) atoms. The lowest BCUT2D eigenvalue weighted by Gasteiger charge is -2.13. The molecule has 18 nitrogen and oxygen atoms in total. The number of esters is 6. The summed E-state index contributed by atoms with van der Waals surface area (Å²) in [6.07, 6.45) is 8.19. The SMILES string of the molecule is CCCCCOC(C)C(=O)Oc1ccc(-c2ccc(OC(=O)C(C)OCCCCC)cc2)cc1.CCCCOC(C)C(=O)Oc1ccc(-c2ccc(OC(=O)C(C)OCCCC)cc2)cc1.CCCOC(C)C(=O)Oc1ccc(-c2ccc(OC(=O)C(C)OCCC)cc2)cc1. The van der Waals surface area contributed by atoms with Gasteiger partial charge in [0.05, 0.1) is 0 Å². The van der Waals surface area contributed by atoms with E-state index in [2.05, 4.69) is 27.7 Å². The molecule has 0 amide bonds. The Balaban J connectivity index is 0.000000307. The number of carbonyl (C=O) groups excluding carboxylic acids is 6. The summed E-state index contributed by atoms with van der Waals surface area (Å²) in [6, 6.07) is 43.4. The maximum absolute atomic E-state index is 12.2. The molecular weight excluding hydrogens is 1220 g/mol. The summed E-state index contributed by atoms with van der Waals surface area (Å²) in [5, 5.41) is 0. The normalized spacial score (nSPS) is 12.8. The summed E-state index contributed by atoms with van der Waals surface area (Å²) in [7, 11) is 0. The van der Waals surface area contributed by atoms with E-state index in [0.717, 1.165) is 110 Å². The van der Waals surface area contributed by atoms with Crippen molar-refractivity contribution in [1.29, 1.82) is 0 Å². The molecule has 0 aliphatic heterocycles. The molecule has 6 aromatic carbocycles. The quantitative estimate of drug-likeness (QED) is 0.0199. The predicted octanol–water partition coefficient (Wildman–Crippen LogP) is 16.7. The Morgan fingerprint density at radius 1 is 0.219 bits per heavy atom.